The lowest BCUT2D eigenvalue weighted by molar-refractivity contribution is 0.0969. The van der Waals surface area contributed by atoms with Gasteiger partial charge in [-0.15, -0.1) is 0 Å². The van der Waals surface area contributed by atoms with Crippen LogP contribution in [0.5, 0.6) is 0 Å². The number of benzene rings is 1. The summed E-state index contributed by atoms with van der Waals surface area (Å²) in [5.41, 5.74) is 7.68. The van der Waals surface area contributed by atoms with E-state index in [0.29, 0.717) is 12.0 Å². The second-order valence-electron chi connectivity index (χ2n) is 6.53. The van der Waals surface area contributed by atoms with Crippen molar-refractivity contribution < 1.29 is 4.79 Å². The maximum absolute atomic E-state index is 12.4. The van der Waals surface area contributed by atoms with Crippen LogP contribution in [0.25, 0.3) is 10.9 Å². The second kappa shape index (κ2) is 5.71. The van der Waals surface area contributed by atoms with Crippen molar-refractivity contribution in [1.29, 1.82) is 0 Å². The van der Waals surface area contributed by atoms with Gasteiger partial charge in [-0.1, -0.05) is 39.0 Å². The summed E-state index contributed by atoms with van der Waals surface area (Å²) >= 11 is 0. The molecule has 2 aromatic rings. The molecule has 0 aliphatic heterocycles. The number of para-hydroxylation sites is 1. The van der Waals surface area contributed by atoms with Gasteiger partial charge in [-0.25, -0.2) is 0 Å². The smallest absolute Gasteiger partial charge is 0.166 e. The standard InChI is InChI=1S/C17H22N2O/c1-17(2,3)11-13(18)10-15(20)14-8-4-6-12-7-5-9-19-16(12)14/h4-9,13H,10-11,18H2,1-3H3. The van der Waals surface area contributed by atoms with Crippen molar-refractivity contribution in [3.8, 4) is 0 Å². The fourth-order valence-corrected chi connectivity index (χ4v) is 2.54. The highest BCUT2D eigenvalue weighted by atomic mass is 16.1. The van der Waals surface area contributed by atoms with Crippen molar-refractivity contribution in [3.05, 3.63) is 42.1 Å². The molecule has 0 amide bonds. The Morgan fingerprint density at radius 3 is 2.65 bits per heavy atom. The quantitative estimate of drug-likeness (QED) is 0.864. The highest BCUT2D eigenvalue weighted by Gasteiger charge is 2.20. The summed E-state index contributed by atoms with van der Waals surface area (Å²) in [6.07, 6.45) is 2.91. The van der Waals surface area contributed by atoms with Gasteiger partial charge in [0.05, 0.1) is 5.52 Å². The summed E-state index contributed by atoms with van der Waals surface area (Å²) in [6.45, 7) is 6.41. The minimum atomic E-state index is -0.110. The van der Waals surface area contributed by atoms with Gasteiger partial charge in [-0.3, -0.25) is 9.78 Å². The molecule has 1 unspecified atom stereocenters. The number of Topliss-reactive ketones (excluding diaryl/α,β-unsaturated/α-hetero) is 1. The van der Waals surface area contributed by atoms with Crippen LogP contribution in [0.1, 0.15) is 44.0 Å². The average molecular weight is 270 g/mol. The molecule has 0 bridgehead atoms. The number of carbonyl (C=O) groups is 1. The summed E-state index contributed by atoms with van der Waals surface area (Å²) in [4.78, 5) is 16.8. The zero-order chi connectivity index (χ0) is 14.8. The molecule has 0 aliphatic carbocycles. The molecule has 1 atom stereocenters. The summed E-state index contributed by atoms with van der Waals surface area (Å²) in [5, 5.41) is 0.989. The molecule has 1 aromatic carbocycles. The molecule has 0 saturated heterocycles. The average Bonchev–Trinajstić information content (AvgIpc) is 2.35. The van der Waals surface area contributed by atoms with Gasteiger partial charge in [-0.2, -0.15) is 0 Å². The van der Waals surface area contributed by atoms with Crippen molar-refractivity contribution >= 4 is 16.7 Å². The largest absolute Gasteiger partial charge is 0.327 e. The van der Waals surface area contributed by atoms with Crippen LogP contribution in [-0.2, 0) is 0 Å². The van der Waals surface area contributed by atoms with Gasteiger partial charge in [0.2, 0.25) is 0 Å². The van der Waals surface area contributed by atoms with Crippen LogP contribution in [-0.4, -0.2) is 16.8 Å². The van der Waals surface area contributed by atoms with Crippen molar-refractivity contribution in [2.24, 2.45) is 11.1 Å². The molecule has 1 heterocycles. The topological polar surface area (TPSA) is 56.0 Å². The number of ketones is 1. The molecule has 0 saturated carbocycles. The molecule has 106 valence electrons. The van der Waals surface area contributed by atoms with E-state index in [0.717, 1.165) is 17.3 Å². The lowest BCUT2D eigenvalue weighted by atomic mass is 9.86. The number of pyridine rings is 1. The SMILES string of the molecule is CC(C)(C)CC(N)CC(=O)c1cccc2cccnc12. The third-order valence-electron chi connectivity index (χ3n) is 3.26. The van der Waals surface area contributed by atoms with E-state index in [1.807, 2.05) is 30.3 Å². The molecule has 0 aliphatic rings. The third-order valence-corrected chi connectivity index (χ3v) is 3.26. The van der Waals surface area contributed by atoms with Gasteiger partial charge >= 0.3 is 0 Å². The van der Waals surface area contributed by atoms with Gasteiger partial charge in [-0.05, 0) is 24.0 Å². The first-order valence-electron chi connectivity index (χ1n) is 6.99. The Bertz CT molecular complexity index is 608. The number of aromatic nitrogens is 1. The van der Waals surface area contributed by atoms with E-state index in [2.05, 4.69) is 25.8 Å². The minimum Gasteiger partial charge on any atom is -0.327 e. The number of nitrogens with zero attached hydrogens (tertiary/aromatic N) is 1. The van der Waals surface area contributed by atoms with Gasteiger partial charge in [0.1, 0.15) is 0 Å². The second-order valence-corrected chi connectivity index (χ2v) is 6.53. The van der Waals surface area contributed by atoms with Crippen LogP contribution in [0.4, 0.5) is 0 Å². The Morgan fingerprint density at radius 2 is 1.95 bits per heavy atom. The van der Waals surface area contributed by atoms with Crippen LogP contribution in [0, 0.1) is 5.41 Å². The number of carbonyl (C=O) groups excluding carboxylic acids is 1. The van der Waals surface area contributed by atoms with Crippen LogP contribution in [0.3, 0.4) is 0 Å². The van der Waals surface area contributed by atoms with Crippen LogP contribution >= 0.6 is 0 Å². The normalized spacial score (nSPS) is 13.4. The number of hydrogen-bond donors (Lipinski definition) is 1. The molecule has 2 rings (SSSR count). The first-order valence-corrected chi connectivity index (χ1v) is 6.99. The van der Waals surface area contributed by atoms with E-state index in [4.69, 9.17) is 5.73 Å². The minimum absolute atomic E-state index is 0.0750. The summed E-state index contributed by atoms with van der Waals surface area (Å²) in [5.74, 6) is 0.0750. The first-order chi connectivity index (χ1) is 9.37. The fourth-order valence-electron chi connectivity index (χ4n) is 2.54. The molecular formula is C17H22N2O. The molecule has 1 aromatic heterocycles. The fraction of sp³-hybridized carbons (Fsp3) is 0.412. The van der Waals surface area contributed by atoms with E-state index in [-0.39, 0.29) is 17.2 Å². The van der Waals surface area contributed by atoms with Gasteiger partial charge in [0.15, 0.2) is 5.78 Å². The van der Waals surface area contributed by atoms with Crippen LogP contribution < -0.4 is 5.73 Å². The Hall–Kier alpha value is -1.74. The van der Waals surface area contributed by atoms with Crippen molar-refractivity contribution in [2.75, 3.05) is 0 Å². The van der Waals surface area contributed by atoms with Crippen LogP contribution in [0.2, 0.25) is 0 Å². The Balaban J connectivity index is 2.20. The number of hydrogen-bond acceptors (Lipinski definition) is 3. The zero-order valence-electron chi connectivity index (χ0n) is 12.4. The van der Waals surface area contributed by atoms with E-state index < -0.39 is 0 Å². The highest BCUT2D eigenvalue weighted by molar-refractivity contribution is 6.06. The Labute approximate surface area is 120 Å². The van der Waals surface area contributed by atoms with Crippen molar-refractivity contribution in [3.63, 3.8) is 0 Å². The van der Waals surface area contributed by atoms with Gasteiger partial charge in [0.25, 0.3) is 0 Å². The molecule has 0 fully saturated rings. The highest BCUT2D eigenvalue weighted by Crippen LogP contribution is 2.23. The van der Waals surface area contributed by atoms with Crippen LogP contribution in [0.15, 0.2) is 36.5 Å². The van der Waals surface area contributed by atoms with Crippen molar-refractivity contribution in [2.45, 2.75) is 39.7 Å². The van der Waals surface area contributed by atoms with E-state index in [1.165, 1.54) is 0 Å². The van der Waals surface area contributed by atoms with E-state index >= 15 is 0 Å². The molecule has 20 heavy (non-hydrogen) atoms. The molecule has 3 heteroatoms. The van der Waals surface area contributed by atoms with E-state index in [9.17, 15) is 4.79 Å². The van der Waals surface area contributed by atoms with Gasteiger partial charge in [0, 0.05) is 29.6 Å². The van der Waals surface area contributed by atoms with Crippen molar-refractivity contribution in [1.82, 2.24) is 4.98 Å². The molecular weight excluding hydrogens is 248 g/mol. The Kier molecular flexibility index (Phi) is 4.19. The molecule has 2 N–H and O–H groups in total. The predicted molar refractivity (Wildman–Crippen MR) is 82.7 cm³/mol. The number of rotatable bonds is 4. The van der Waals surface area contributed by atoms with E-state index in [1.54, 1.807) is 6.20 Å². The summed E-state index contributed by atoms with van der Waals surface area (Å²) in [6, 6.07) is 9.43. The Morgan fingerprint density at radius 1 is 1.25 bits per heavy atom. The molecule has 0 spiro atoms. The summed E-state index contributed by atoms with van der Waals surface area (Å²) < 4.78 is 0. The molecule has 0 radical (unpaired) electrons. The zero-order valence-corrected chi connectivity index (χ0v) is 12.4. The monoisotopic (exact) mass is 270 g/mol. The first kappa shape index (κ1) is 14.7. The number of nitrogens with two attached hydrogens (primary N) is 1. The lowest BCUT2D eigenvalue weighted by Crippen LogP contribution is -2.29. The van der Waals surface area contributed by atoms with Gasteiger partial charge < -0.3 is 5.73 Å². The predicted octanol–water partition coefficient (Wildman–Crippen LogP) is 3.57. The maximum atomic E-state index is 12.4. The summed E-state index contributed by atoms with van der Waals surface area (Å²) in [7, 11) is 0. The maximum Gasteiger partial charge on any atom is 0.166 e. The lowest BCUT2D eigenvalue weighted by Gasteiger charge is -2.22. The molecule has 3 nitrogen and oxygen atoms in total. The third kappa shape index (κ3) is 3.64. The number of fused-ring (bicyclic) bond motifs is 1.